The number of carboxylic acid groups (broad SMARTS) is 1. The molecule has 1 aromatic rings. The summed E-state index contributed by atoms with van der Waals surface area (Å²) in [6.45, 7) is 5.09. The third-order valence-corrected chi connectivity index (χ3v) is 3.08. The molecular weight excluding hydrogens is 324 g/mol. The molecule has 8 heteroatoms. The number of nitrogens with zero attached hydrogens (tertiary/aromatic N) is 1. The van der Waals surface area contributed by atoms with Gasteiger partial charge >= 0.3 is 12.1 Å². The smallest absolute Gasteiger partial charge is 0.408 e. The summed E-state index contributed by atoms with van der Waals surface area (Å²) < 4.78 is 5.55. The molecule has 1 aromatic heterocycles. The van der Waals surface area contributed by atoms with Crippen LogP contribution in [0.15, 0.2) is 9.30 Å². The number of carboxylic acids is 1. The Morgan fingerprint density at radius 3 is 2.56 bits per heavy atom. The van der Waals surface area contributed by atoms with E-state index in [2.05, 4.69) is 26.2 Å². The van der Waals surface area contributed by atoms with Gasteiger partial charge in [0.25, 0.3) is 0 Å². The molecule has 2 N–H and O–H groups in total. The van der Waals surface area contributed by atoms with Crippen LogP contribution >= 0.6 is 27.3 Å². The predicted octanol–water partition coefficient (Wildman–Crippen LogP) is 2.56. The van der Waals surface area contributed by atoms with Crippen LogP contribution in [-0.4, -0.2) is 27.8 Å². The number of hydrogen-bond donors (Lipinski definition) is 2. The first-order chi connectivity index (χ1) is 8.19. The minimum Gasteiger partial charge on any atom is -0.479 e. The average Bonchev–Trinajstić information content (AvgIpc) is 2.57. The molecule has 1 atom stereocenters. The van der Waals surface area contributed by atoms with Gasteiger partial charge in [0.1, 0.15) is 5.60 Å². The van der Waals surface area contributed by atoms with Crippen LogP contribution in [0.25, 0.3) is 0 Å². The Morgan fingerprint density at radius 2 is 2.17 bits per heavy atom. The van der Waals surface area contributed by atoms with Crippen molar-refractivity contribution >= 4 is 39.3 Å². The number of alkyl carbamates (subject to hydrolysis) is 1. The van der Waals surface area contributed by atoms with Crippen LogP contribution in [0.2, 0.25) is 0 Å². The van der Waals surface area contributed by atoms with Crippen molar-refractivity contribution in [1.82, 2.24) is 10.3 Å². The molecule has 0 unspecified atom stereocenters. The van der Waals surface area contributed by atoms with E-state index in [0.29, 0.717) is 3.92 Å². The summed E-state index contributed by atoms with van der Waals surface area (Å²) in [7, 11) is 0. The second-order valence-electron chi connectivity index (χ2n) is 4.44. The molecule has 1 amide bonds. The molecule has 0 bridgehead atoms. The lowest BCUT2D eigenvalue weighted by Gasteiger charge is -2.21. The van der Waals surface area contributed by atoms with Gasteiger partial charge in [-0.25, -0.2) is 14.6 Å². The van der Waals surface area contributed by atoms with Gasteiger partial charge in [-0.2, -0.15) is 0 Å². The number of nitrogens with one attached hydrogen (secondary N) is 1. The molecule has 100 valence electrons. The Kier molecular flexibility index (Phi) is 4.69. The normalized spacial score (nSPS) is 12.9. The van der Waals surface area contributed by atoms with Gasteiger partial charge in [-0.15, -0.1) is 11.3 Å². The number of halogens is 1. The van der Waals surface area contributed by atoms with Crippen LogP contribution in [0.1, 0.15) is 32.5 Å². The summed E-state index contributed by atoms with van der Waals surface area (Å²) in [6.07, 6.45) is -0.793. The van der Waals surface area contributed by atoms with Crippen molar-refractivity contribution in [1.29, 1.82) is 0 Å². The monoisotopic (exact) mass is 336 g/mol. The molecule has 0 aliphatic heterocycles. The van der Waals surface area contributed by atoms with E-state index < -0.39 is 23.7 Å². The summed E-state index contributed by atoms with van der Waals surface area (Å²) in [5.74, 6) is -1.20. The molecule has 0 aliphatic rings. The molecule has 1 rings (SSSR count). The zero-order valence-corrected chi connectivity index (χ0v) is 12.5. The van der Waals surface area contributed by atoms with Crippen molar-refractivity contribution in [3.63, 3.8) is 0 Å². The Balaban J connectivity index is 2.76. The van der Waals surface area contributed by atoms with E-state index in [9.17, 15) is 9.59 Å². The van der Waals surface area contributed by atoms with Crippen molar-refractivity contribution in [2.24, 2.45) is 0 Å². The lowest BCUT2D eigenvalue weighted by atomic mass is 10.2. The first-order valence-electron chi connectivity index (χ1n) is 5.02. The van der Waals surface area contributed by atoms with Gasteiger partial charge in [0.15, 0.2) is 9.96 Å². The van der Waals surface area contributed by atoms with Crippen molar-refractivity contribution < 1.29 is 19.4 Å². The van der Waals surface area contributed by atoms with E-state index in [4.69, 9.17) is 9.84 Å². The number of carbonyl (C=O) groups is 2. The topological polar surface area (TPSA) is 88.5 Å². The van der Waals surface area contributed by atoms with Gasteiger partial charge in [-0.05, 0) is 36.7 Å². The molecule has 0 spiro atoms. The lowest BCUT2D eigenvalue weighted by Crippen LogP contribution is -2.38. The van der Waals surface area contributed by atoms with Gasteiger partial charge in [0.05, 0.1) is 5.69 Å². The van der Waals surface area contributed by atoms with Gasteiger partial charge in [-0.1, -0.05) is 0 Å². The van der Waals surface area contributed by atoms with E-state index >= 15 is 0 Å². The second kappa shape index (κ2) is 5.66. The van der Waals surface area contributed by atoms with Gasteiger partial charge < -0.3 is 15.2 Å². The molecule has 0 aliphatic carbocycles. The maximum absolute atomic E-state index is 11.5. The number of thiazole rings is 1. The quantitative estimate of drug-likeness (QED) is 0.885. The first kappa shape index (κ1) is 14.9. The fourth-order valence-corrected chi connectivity index (χ4v) is 2.13. The lowest BCUT2D eigenvalue weighted by molar-refractivity contribution is -0.139. The molecule has 1 heterocycles. The highest BCUT2D eigenvalue weighted by atomic mass is 79.9. The number of carbonyl (C=O) groups excluding carboxylic acids is 1. The highest BCUT2D eigenvalue weighted by molar-refractivity contribution is 9.11. The van der Waals surface area contributed by atoms with E-state index in [1.807, 2.05) is 0 Å². The highest BCUT2D eigenvalue weighted by Gasteiger charge is 2.27. The molecule has 0 saturated carbocycles. The van der Waals surface area contributed by atoms with Crippen LogP contribution in [-0.2, 0) is 9.53 Å². The van der Waals surface area contributed by atoms with Crippen molar-refractivity contribution in [3.05, 3.63) is 15.0 Å². The summed E-state index contributed by atoms with van der Waals surface area (Å²) in [5.41, 5.74) is -0.430. The molecule has 0 fully saturated rings. The van der Waals surface area contributed by atoms with Gasteiger partial charge in [-0.3, -0.25) is 0 Å². The van der Waals surface area contributed by atoms with Gasteiger partial charge in [0.2, 0.25) is 0 Å². The van der Waals surface area contributed by atoms with Crippen LogP contribution < -0.4 is 5.32 Å². The minimum atomic E-state index is -1.22. The number of hydrogen-bond acceptors (Lipinski definition) is 5. The van der Waals surface area contributed by atoms with Gasteiger partial charge in [0, 0.05) is 5.38 Å². The van der Waals surface area contributed by atoms with E-state index in [1.54, 1.807) is 26.2 Å². The predicted molar refractivity (Wildman–Crippen MR) is 69.6 cm³/mol. The Bertz CT molecular complexity index is 455. The zero-order chi connectivity index (χ0) is 13.9. The van der Waals surface area contributed by atoms with Crippen molar-refractivity contribution in [2.45, 2.75) is 32.4 Å². The maximum atomic E-state index is 11.5. The Hall–Kier alpha value is -1.15. The van der Waals surface area contributed by atoms with Crippen molar-refractivity contribution in [2.75, 3.05) is 0 Å². The largest absolute Gasteiger partial charge is 0.479 e. The summed E-state index contributed by atoms with van der Waals surface area (Å²) in [6, 6.07) is -1.22. The van der Waals surface area contributed by atoms with Crippen LogP contribution in [0.3, 0.4) is 0 Å². The van der Waals surface area contributed by atoms with E-state index in [0.717, 1.165) is 0 Å². The highest BCUT2D eigenvalue weighted by Crippen LogP contribution is 2.21. The first-order valence-corrected chi connectivity index (χ1v) is 6.69. The minimum absolute atomic E-state index is 0.255. The molecule has 0 radical (unpaired) electrons. The average molecular weight is 337 g/mol. The van der Waals surface area contributed by atoms with Crippen LogP contribution in [0.4, 0.5) is 4.79 Å². The standard InChI is InChI=1S/C10H13BrN2O4S/c1-10(2,3)17-9(16)13-6(7(14)15)5-4-18-8(11)12-5/h4,6H,1-3H3,(H,13,16)(H,14,15)/t6-/m0/s1. The second-order valence-corrected chi connectivity index (χ2v) is 6.58. The van der Waals surface area contributed by atoms with Crippen molar-refractivity contribution in [3.8, 4) is 0 Å². The summed E-state index contributed by atoms with van der Waals surface area (Å²) in [4.78, 5) is 26.6. The number of rotatable bonds is 3. The fraction of sp³-hybridized carbons (Fsp3) is 0.500. The SMILES string of the molecule is CC(C)(C)OC(=O)N[C@H](C(=O)O)c1csc(Br)n1. The Morgan fingerprint density at radius 1 is 1.56 bits per heavy atom. The number of aliphatic carboxylic acids is 1. The number of ether oxygens (including phenoxy) is 1. The van der Waals surface area contributed by atoms with Crippen LogP contribution in [0.5, 0.6) is 0 Å². The van der Waals surface area contributed by atoms with Crippen LogP contribution in [0, 0.1) is 0 Å². The fourth-order valence-electron chi connectivity index (χ4n) is 1.08. The summed E-state index contributed by atoms with van der Waals surface area (Å²) >= 11 is 4.38. The molecule has 0 aromatic carbocycles. The maximum Gasteiger partial charge on any atom is 0.408 e. The number of amides is 1. The zero-order valence-electron chi connectivity index (χ0n) is 10.1. The van der Waals surface area contributed by atoms with E-state index in [1.165, 1.54) is 11.3 Å². The van der Waals surface area contributed by atoms with E-state index in [-0.39, 0.29) is 5.69 Å². The third kappa shape index (κ3) is 4.61. The molecular formula is C10H13BrN2O4S. The molecule has 6 nitrogen and oxygen atoms in total. The third-order valence-electron chi connectivity index (χ3n) is 1.70. The number of aromatic nitrogens is 1. The molecule has 0 saturated heterocycles. The Labute approximate surface area is 116 Å². The molecule has 18 heavy (non-hydrogen) atoms. The summed E-state index contributed by atoms with van der Waals surface area (Å²) in [5, 5.41) is 12.9.